The first-order chi connectivity index (χ1) is 10.4. The molecule has 0 radical (unpaired) electrons. The van der Waals surface area contributed by atoms with E-state index >= 15 is 0 Å². The summed E-state index contributed by atoms with van der Waals surface area (Å²) in [5.41, 5.74) is 0.144. The fourth-order valence-electron chi connectivity index (χ4n) is 4.43. The van der Waals surface area contributed by atoms with Crippen LogP contribution in [0.15, 0.2) is 0 Å². The third kappa shape index (κ3) is 3.26. The van der Waals surface area contributed by atoms with Gasteiger partial charge in [-0.3, -0.25) is 4.79 Å². The Balaban J connectivity index is 1.50. The van der Waals surface area contributed by atoms with Crippen molar-refractivity contribution in [2.75, 3.05) is 19.6 Å². The minimum atomic E-state index is -4.13. The Morgan fingerprint density at radius 1 is 1.18 bits per heavy atom. The van der Waals surface area contributed by atoms with E-state index in [1.807, 2.05) is 0 Å². The maximum atomic E-state index is 13.1. The number of carbonyl (C=O) groups is 1. The molecule has 2 N–H and O–H groups in total. The van der Waals surface area contributed by atoms with E-state index < -0.39 is 18.0 Å². The molecule has 126 valence electrons. The fourth-order valence-corrected chi connectivity index (χ4v) is 4.43. The minimum absolute atomic E-state index is 0.0200. The van der Waals surface area contributed by atoms with Gasteiger partial charge in [-0.25, -0.2) is 0 Å². The highest BCUT2D eigenvalue weighted by Gasteiger charge is 2.57. The van der Waals surface area contributed by atoms with Crippen LogP contribution < -0.4 is 10.6 Å². The van der Waals surface area contributed by atoms with Gasteiger partial charge in [0, 0.05) is 12.5 Å². The van der Waals surface area contributed by atoms with Gasteiger partial charge < -0.3 is 10.6 Å². The molecule has 0 aromatic carbocycles. The summed E-state index contributed by atoms with van der Waals surface area (Å²) in [6, 6.07) is 0. The monoisotopic (exact) mass is 318 g/mol. The molecular weight excluding hydrogens is 293 g/mol. The Hall–Kier alpha value is -0.780. The third-order valence-corrected chi connectivity index (χ3v) is 5.97. The third-order valence-electron chi connectivity index (χ3n) is 5.97. The lowest BCUT2D eigenvalue weighted by Crippen LogP contribution is -2.41. The summed E-state index contributed by atoms with van der Waals surface area (Å²) in [4.78, 5) is 12.3. The molecule has 3 nitrogen and oxygen atoms in total. The number of nitrogens with one attached hydrogen (secondary N) is 2. The van der Waals surface area contributed by atoms with E-state index in [9.17, 15) is 18.0 Å². The Kier molecular flexibility index (Phi) is 4.40. The largest absolute Gasteiger partial charge is 0.392 e. The van der Waals surface area contributed by atoms with Crippen LogP contribution in [0.25, 0.3) is 0 Å². The van der Waals surface area contributed by atoms with E-state index in [0.717, 1.165) is 38.8 Å². The zero-order valence-electron chi connectivity index (χ0n) is 12.8. The molecule has 1 amide bonds. The zero-order chi connectivity index (χ0) is 15.8. The van der Waals surface area contributed by atoms with Crippen LogP contribution in [-0.2, 0) is 4.79 Å². The van der Waals surface area contributed by atoms with Gasteiger partial charge in [0.2, 0.25) is 5.91 Å². The molecule has 22 heavy (non-hydrogen) atoms. The summed E-state index contributed by atoms with van der Waals surface area (Å²) in [5.74, 6) is -1.68. The van der Waals surface area contributed by atoms with Crippen molar-refractivity contribution >= 4 is 5.91 Å². The first-order valence-electron chi connectivity index (χ1n) is 8.47. The van der Waals surface area contributed by atoms with Crippen molar-refractivity contribution in [1.29, 1.82) is 0 Å². The summed E-state index contributed by atoms with van der Waals surface area (Å²) in [6.07, 6.45) is 1.08. The number of rotatable bonds is 3. The lowest BCUT2D eigenvalue weighted by Gasteiger charge is -2.33. The zero-order valence-corrected chi connectivity index (χ0v) is 12.8. The molecule has 0 bridgehead atoms. The van der Waals surface area contributed by atoms with E-state index in [1.54, 1.807) is 0 Å². The van der Waals surface area contributed by atoms with Crippen LogP contribution in [-0.4, -0.2) is 31.7 Å². The van der Waals surface area contributed by atoms with Crippen LogP contribution >= 0.6 is 0 Å². The van der Waals surface area contributed by atoms with Crippen LogP contribution in [0, 0.1) is 23.2 Å². The number of halogens is 3. The van der Waals surface area contributed by atoms with Crippen molar-refractivity contribution < 1.29 is 18.0 Å². The van der Waals surface area contributed by atoms with Crippen molar-refractivity contribution in [1.82, 2.24) is 10.6 Å². The topological polar surface area (TPSA) is 41.1 Å². The average molecular weight is 318 g/mol. The molecule has 3 fully saturated rings. The van der Waals surface area contributed by atoms with Crippen LogP contribution in [0.5, 0.6) is 0 Å². The smallest absolute Gasteiger partial charge is 0.356 e. The van der Waals surface area contributed by atoms with Gasteiger partial charge in [-0.15, -0.1) is 0 Å². The number of hydrogen-bond acceptors (Lipinski definition) is 2. The normalized spacial score (nSPS) is 34.4. The molecule has 2 aliphatic carbocycles. The molecule has 6 heteroatoms. The van der Waals surface area contributed by atoms with Gasteiger partial charge in [0.1, 0.15) is 0 Å². The second-order valence-corrected chi connectivity index (χ2v) is 7.31. The van der Waals surface area contributed by atoms with Gasteiger partial charge in [0.25, 0.3) is 0 Å². The molecular formula is C16H25F3N2O. The minimum Gasteiger partial charge on any atom is -0.356 e. The predicted octanol–water partition coefficient (Wildman–Crippen LogP) is 2.86. The van der Waals surface area contributed by atoms with E-state index in [4.69, 9.17) is 0 Å². The molecule has 1 aliphatic heterocycles. The number of amides is 1. The van der Waals surface area contributed by atoms with Gasteiger partial charge in [-0.05, 0) is 56.5 Å². The maximum absolute atomic E-state index is 13.1. The average Bonchev–Trinajstić information content (AvgIpc) is 3.18. The lowest BCUT2D eigenvalue weighted by atomic mass is 9.78. The molecule has 1 saturated heterocycles. The highest BCUT2D eigenvalue weighted by molar-refractivity contribution is 5.82. The molecule has 1 spiro atoms. The molecule has 3 atom stereocenters. The predicted molar refractivity (Wildman–Crippen MR) is 77.2 cm³/mol. The fraction of sp³-hybridized carbons (Fsp3) is 0.938. The molecule has 1 heterocycles. The maximum Gasteiger partial charge on any atom is 0.392 e. The number of alkyl halides is 3. The molecule has 2 saturated carbocycles. The van der Waals surface area contributed by atoms with Gasteiger partial charge in [-0.2, -0.15) is 13.2 Å². The molecule has 0 aromatic heterocycles. The van der Waals surface area contributed by atoms with E-state index in [1.165, 1.54) is 0 Å². The highest BCUT2D eigenvalue weighted by atomic mass is 19.4. The Morgan fingerprint density at radius 2 is 1.86 bits per heavy atom. The van der Waals surface area contributed by atoms with Crippen molar-refractivity contribution in [2.24, 2.45) is 23.2 Å². The summed E-state index contributed by atoms with van der Waals surface area (Å²) in [7, 11) is 0. The number of hydrogen-bond donors (Lipinski definition) is 2. The summed E-state index contributed by atoms with van der Waals surface area (Å²) in [6.45, 7) is 2.08. The highest BCUT2D eigenvalue weighted by Crippen LogP contribution is 2.58. The van der Waals surface area contributed by atoms with Crippen molar-refractivity contribution in [3.8, 4) is 0 Å². The SMILES string of the molecule is O=C(NCC1CCCCC1C(F)(F)F)C1CC12CCNCC2. The summed E-state index contributed by atoms with van der Waals surface area (Å²) < 4.78 is 39.2. The Labute approximate surface area is 129 Å². The first kappa shape index (κ1) is 16.1. The van der Waals surface area contributed by atoms with E-state index in [0.29, 0.717) is 12.8 Å². The molecule has 3 unspecified atom stereocenters. The molecule has 3 rings (SSSR count). The second-order valence-electron chi connectivity index (χ2n) is 7.31. The number of carbonyl (C=O) groups excluding carboxylic acids is 1. The number of piperidine rings is 1. The standard InChI is InChI=1S/C16H25F3N2O/c17-16(18,19)12-4-2-1-3-11(12)10-21-14(22)13-9-15(13)5-7-20-8-6-15/h11-13,20H,1-10H2,(H,21,22). The van der Waals surface area contributed by atoms with Crippen LogP contribution in [0.3, 0.4) is 0 Å². The van der Waals surface area contributed by atoms with Crippen molar-refractivity contribution in [3.63, 3.8) is 0 Å². The van der Waals surface area contributed by atoms with Crippen LogP contribution in [0.4, 0.5) is 13.2 Å². The van der Waals surface area contributed by atoms with Gasteiger partial charge in [0.15, 0.2) is 0 Å². The van der Waals surface area contributed by atoms with Crippen LogP contribution in [0.2, 0.25) is 0 Å². The van der Waals surface area contributed by atoms with E-state index in [2.05, 4.69) is 10.6 Å². The summed E-state index contributed by atoms with van der Waals surface area (Å²) >= 11 is 0. The van der Waals surface area contributed by atoms with Gasteiger partial charge in [0.05, 0.1) is 5.92 Å². The lowest BCUT2D eigenvalue weighted by molar-refractivity contribution is -0.195. The second kappa shape index (κ2) is 6.02. The molecule has 3 aliphatic rings. The van der Waals surface area contributed by atoms with E-state index in [-0.39, 0.29) is 30.2 Å². The Morgan fingerprint density at radius 3 is 2.55 bits per heavy atom. The van der Waals surface area contributed by atoms with Crippen LogP contribution in [0.1, 0.15) is 44.9 Å². The summed E-state index contributed by atoms with van der Waals surface area (Å²) in [5, 5.41) is 6.12. The van der Waals surface area contributed by atoms with Gasteiger partial charge in [-0.1, -0.05) is 12.8 Å². The quantitative estimate of drug-likeness (QED) is 0.840. The molecule has 0 aromatic rings. The van der Waals surface area contributed by atoms with Crippen molar-refractivity contribution in [3.05, 3.63) is 0 Å². The van der Waals surface area contributed by atoms with Gasteiger partial charge >= 0.3 is 6.18 Å². The van der Waals surface area contributed by atoms with Crippen molar-refractivity contribution in [2.45, 2.75) is 51.1 Å². The Bertz CT molecular complexity index is 418. The first-order valence-corrected chi connectivity index (χ1v) is 8.47.